The van der Waals surface area contributed by atoms with Gasteiger partial charge in [0.05, 0.1) is 11.3 Å². The van der Waals surface area contributed by atoms with E-state index in [0.29, 0.717) is 12.8 Å². The van der Waals surface area contributed by atoms with E-state index in [9.17, 15) is 19.8 Å². The number of carboxylic acid groups (broad SMARTS) is 2. The van der Waals surface area contributed by atoms with Crippen molar-refractivity contribution < 1.29 is 19.8 Å². The van der Waals surface area contributed by atoms with Gasteiger partial charge in [0.2, 0.25) is 0 Å². The molecule has 0 radical (unpaired) electrons. The molecule has 0 aromatic heterocycles. The highest BCUT2D eigenvalue weighted by atomic mass is 16.4. The summed E-state index contributed by atoms with van der Waals surface area (Å²) in [6.45, 7) is 11.3. The highest BCUT2D eigenvalue weighted by Crippen LogP contribution is 2.44. The maximum Gasteiger partial charge on any atom is 0.310 e. The van der Waals surface area contributed by atoms with Gasteiger partial charge >= 0.3 is 11.9 Å². The van der Waals surface area contributed by atoms with Crippen LogP contribution in [-0.4, -0.2) is 22.2 Å². The summed E-state index contributed by atoms with van der Waals surface area (Å²) in [5.74, 6) is -2.73. The predicted molar refractivity (Wildman–Crippen MR) is 74.9 cm³/mol. The Morgan fingerprint density at radius 2 is 1.26 bits per heavy atom. The lowest BCUT2D eigenvalue weighted by atomic mass is 9.62. The maximum atomic E-state index is 11.9. The van der Waals surface area contributed by atoms with Crippen LogP contribution in [0.3, 0.4) is 0 Å². The Morgan fingerprint density at radius 1 is 0.895 bits per heavy atom. The van der Waals surface area contributed by atoms with Gasteiger partial charge < -0.3 is 10.2 Å². The minimum absolute atomic E-state index is 0.149. The standard InChI is InChI=1S/C15H28O4/c1-9(2)7-15(14(18)19,8-10(3)4)12(11(5)6)13(16)17/h9-12H,7-8H2,1-6H3,(H,16,17)(H,18,19). The third-order valence-corrected chi connectivity index (χ3v) is 3.50. The SMILES string of the molecule is CC(C)CC(CC(C)C)(C(=O)O)C(C(=O)O)C(C)C. The minimum atomic E-state index is -1.18. The van der Waals surface area contributed by atoms with Crippen molar-refractivity contribution in [1.29, 1.82) is 0 Å². The lowest BCUT2D eigenvalue weighted by Gasteiger charge is -2.39. The molecule has 4 nitrogen and oxygen atoms in total. The lowest BCUT2D eigenvalue weighted by molar-refractivity contribution is -0.168. The molecule has 112 valence electrons. The monoisotopic (exact) mass is 272 g/mol. The maximum absolute atomic E-state index is 11.9. The molecule has 0 heterocycles. The van der Waals surface area contributed by atoms with Gasteiger partial charge in [0, 0.05) is 0 Å². The summed E-state index contributed by atoms with van der Waals surface area (Å²) >= 11 is 0. The first kappa shape index (κ1) is 17.9. The fourth-order valence-electron chi connectivity index (χ4n) is 3.26. The number of carboxylic acids is 2. The highest BCUT2D eigenvalue weighted by Gasteiger charge is 2.51. The molecule has 4 heteroatoms. The smallest absolute Gasteiger partial charge is 0.310 e. The fraction of sp³-hybridized carbons (Fsp3) is 0.867. The van der Waals surface area contributed by atoms with Gasteiger partial charge in [-0.1, -0.05) is 41.5 Å². The highest BCUT2D eigenvalue weighted by molar-refractivity contribution is 5.83. The van der Waals surface area contributed by atoms with Crippen LogP contribution in [0.15, 0.2) is 0 Å². The zero-order valence-electron chi connectivity index (χ0n) is 12.9. The van der Waals surface area contributed by atoms with Crippen LogP contribution in [0.5, 0.6) is 0 Å². The summed E-state index contributed by atoms with van der Waals surface area (Å²) in [4.78, 5) is 23.5. The molecule has 0 bridgehead atoms. The number of hydrogen-bond donors (Lipinski definition) is 2. The van der Waals surface area contributed by atoms with Gasteiger partial charge in [-0.25, -0.2) is 0 Å². The molecular weight excluding hydrogens is 244 g/mol. The van der Waals surface area contributed by atoms with Gasteiger partial charge in [-0.2, -0.15) is 0 Å². The fourth-order valence-corrected chi connectivity index (χ4v) is 3.26. The zero-order valence-corrected chi connectivity index (χ0v) is 12.9. The predicted octanol–water partition coefficient (Wildman–Crippen LogP) is 3.51. The van der Waals surface area contributed by atoms with Crippen LogP contribution in [-0.2, 0) is 9.59 Å². The topological polar surface area (TPSA) is 74.6 Å². The van der Waals surface area contributed by atoms with Gasteiger partial charge in [-0.3, -0.25) is 9.59 Å². The van der Waals surface area contributed by atoms with Crippen molar-refractivity contribution in [2.75, 3.05) is 0 Å². The Morgan fingerprint density at radius 3 is 1.42 bits per heavy atom. The van der Waals surface area contributed by atoms with Crippen LogP contribution in [0.4, 0.5) is 0 Å². The summed E-state index contributed by atoms with van der Waals surface area (Å²) in [5, 5.41) is 19.2. The van der Waals surface area contributed by atoms with Crippen molar-refractivity contribution in [3.8, 4) is 0 Å². The van der Waals surface area contributed by atoms with Crippen molar-refractivity contribution in [3.63, 3.8) is 0 Å². The summed E-state index contributed by atoms with van der Waals surface area (Å²) in [5.41, 5.74) is -1.18. The Bertz CT molecular complexity index is 308. The Labute approximate surface area is 116 Å². The van der Waals surface area contributed by atoms with Crippen molar-refractivity contribution >= 4 is 11.9 Å². The summed E-state index contributed by atoms with van der Waals surface area (Å²) < 4.78 is 0. The van der Waals surface area contributed by atoms with Gasteiger partial charge in [0.1, 0.15) is 0 Å². The van der Waals surface area contributed by atoms with Crippen LogP contribution >= 0.6 is 0 Å². The van der Waals surface area contributed by atoms with Crippen molar-refractivity contribution in [3.05, 3.63) is 0 Å². The van der Waals surface area contributed by atoms with E-state index in [1.165, 1.54) is 0 Å². The quantitative estimate of drug-likeness (QED) is 0.709. The van der Waals surface area contributed by atoms with E-state index in [1.54, 1.807) is 13.8 Å². The second-order valence-corrected chi connectivity index (χ2v) is 6.72. The molecule has 2 N–H and O–H groups in total. The molecule has 0 saturated heterocycles. The molecule has 0 aliphatic rings. The number of rotatable bonds is 8. The van der Waals surface area contributed by atoms with Crippen LogP contribution in [0.2, 0.25) is 0 Å². The van der Waals surface area contributed by atoms with Gasteiger partial charge in [0.15, 0.2) is 0 Å². The van der Waals surface area contributed by atoms with Crippen molar-refractivity contribution in [2.45, 2.75) is 54.4 Å². The molecule has 1 atom stereocenters. The van der Waals surface area contributed by atoms with Gasteiger partial charge in [0.25, 0.3) is 0 Å². The molecule has 0 saturated carbocycles. The third-order valence-electron chi connectivity index (χ3n) is 3.50. The first-order valence-electron chi connectivity index (χ1n) is 7.00. The Kier molecular flexibility index (Phi) is 6.53. The average molecular weight is 272 g/mol. The molecule has 0 rings (SSSR count). The van der Waals surface area contributed by atoms with Gasteiger partial charge in [-0.05, 0) is 30.6 Å². The van der Waals surface area contributed by atoms with Crippen LogP contribution in [0.25, 0.3) is 0 Å². The molecule has 0 aromatic rings. The first-order valence-corrected chi connectivity index (χ1v) is 7.00. The molecule has 0 aromatic carbocycles. The van der Waals surface area contributed by atoms with E-state index in [-0.39, 0.29) is 17.8 Å². The van der Waals surface area contributed by atoms with Crippen molar-refractivity contribution in [2.24, 2.45) is 29.1 Å². The lowest BCUT2D eigenvalue weighted by Crippen LogP contribution is -2.47. The van der Waals surface area contributed by atoms with E-state index in [0.717, 1.165) is 0 Å². The van der Waals surface area contributed by atoms with E-state index in [4.69, 9.17) is 0 Å². The molecule has 0 aliphatic carbocycles. The molecule has 19 heavy (non-hydrogen) atoms. The molecule has 0 fully saturated rings. The largest absolute Gasteiger partial charge is 0.481 e. The second-order valence-electron chi connectivity index (χ2n) is 6.72. The summed E-state index contributed by atoms with van der Waals surface area (Å²) in [6.07, 6.45) is 0.797. The van der Waals surface area contributed by atoms with Crippen LogP contribution in [0.1, 0.15) is 54.4 Å². The molecular formula is C15H28O4. The molecule has 0 spiro atoms. The zero-order chi connectivity index (χ0) is 15.4. The molecule has 1 unspecified atom stereocenters. The minimum Gasteiger partial charge on any atom is -0.481 e. The first-order chi connectivity index (χ1) is 8.54. The second kappa shape index (κ2) is 6.92. The average Bonchev–Trinajstić information content (AvgIpc) is 2.12. The van der Waals surface area contributed by atoms with Crippen molar-refractivity contribution in [1.82, 2.24) is 0 Å². The summed E-state index contributed by atoms with van der Waals surface area (Å²) in [7, 11) is 0. The number of carbonyl (C=O) groups is 2. The molecule has 0 aliphatic heterocycles. The van der Waals surface area contributed by atoms with Gasteiger partial charge in [-0.15, -0.1) is 0 Å². The van der Waals surface area contributed by atoms with E-state index < -0.39 is 23.3 Å². The number of aliphatic carboxylic acids is 2. The van der Waals surface area contributed by atoms with E-state index in [1.807, 2.05) is 27.7 Å². The van der Waals surface area contributed by atoms with E-state index in [2.05, 4.69) is 0 Å². The van der Waals surface area contributed by atoms with Crippen LogP contribution in [0, 0.1) is 29.1 Å². The summed E-state index contributed by atoms with van der Waals surface area (Å²) in [6, 6.07) is 0. The number of hydrogen-bond acceptors (Lipinski definition) is 2. The van der Waals surface area contributed by atoms with Crippen LogP contribution < -0.4 is 0 Å². The normalized spacial score (nSPS) is 14.2. The Hall–Kier alpha value is -1.06. The molecule has 0 amide bonds. The third kappa shape index (κ3) is 4.51. The van der Waals surface area contributed by atoms with E-state index >= 15 is 0 Å². The Balaban J connectivity index is 5.77.